The van der Waals surface area contributed by atoms with Crippen LogP contribution in [0.4, 0.5) is 0 Å². The van der Waals surface area contributed by atoms with Gasteiger partial charge in [-0.1, -0.05) is 12.2 Å². The van der Waals surface area contributed by atoms with E-state index in [2.05, 4.69) is 12.2 Å². The molecule has 5 atom stereocenters. The minimum atomic E-state index is -0.863. The van der Waals surface area contributed by atoms with Crippen LogP contribution in [0, 0.1) is 17.3 Å². The van der Waals surface area contributed by atoms with Crippen LogP contribution in [-0.4, -0.2) is 49.5 Å². The van der Waals surface area contributed by atoms with E-state index in [1.54, 1.807) is 0 Å². The molecule has 5 heteroatoms. The first kappa shape index (κ1) is 11.9. The third-order valence-electron chi connectivity index (χ3n) is 5.48. The van der Waals surface area contributed by atoms with Crippen LogP contribution in [0.5, 0.6) is 0 Å². The van der Waals surface area contributed by atoms with Gasteiger partial charge < -0.3 is 9.47 Å². The van der Waals surface area contributed by atoms with Crippen LogP contribution in [0.2, 0.25) is 0 Å². The van der Waals surface area contributed by atoms with E-state index in [1.807, 2.05) is 19.0 Å². The lowest BCUT2D eigenvalue weighted by Gasteiger charge is -2.40. The van der Waals surface area contributed by atoms with Gasteiger partial charge in [0.25, 0.3) is 0 Å². The molecule has 4 aliphatic rings. The summed E-state index contributed by atoms with van der Waals surface area (Å²) in [6.07, 6.45) is 5.35. The summed E-state index contributed by atoms with van der Waals surface area (Å²) in [6.45, 7) is 3.45. The van der Waals surface area contributed by atoms with Crippen LogP contribution in [0.1, 0.15) is 13.3 Å². The van der Waals surface area contributed by atoms with E-state index >= 15 is 0 Å². The second kappa shape index (κ2) is 3.59. The molecule has 0 radical (unpaired) electrons. The predicted molar refractivity (Wildman–Crippen MR) is 66.0 cm³/mol. The summed E-state index contributed by atoms with van der Waals surface area (Å²) in [5, 5.41) is 1.83. The van der Waals surface area contributed by atoms with Gasteiger partial charge >= 0.3 is 5.97 Å². The number of carbonyl (C=O) groups excluding carboxylic acids is 1. The Labute approximate surface area is 112 Å². The Balaban J connectivity index is 1.87. The number of rotatable bonds is 2. The quantitative estimate of drug-likeness (QED) is 0.545. The standard InChI is InChI=1S/C14H19NO4/c1-3-18-12(16)14-10-5-4-9(6-10)13(14)8-17-7-11(13)15(2)19-14/h4-5,9-11H,3,6-8H2,1-2H3/t9-,10+,11-,13-,14+/m0/s1. The molecule has 0 amide bonds. The van der Waals surface area contributed by atoms with Crippen molar-refractivity contribution in [2.75, 3.05) is 26.9 Å². The highest BCUT2D eigenvalue weighted by Crippen LogP contribution is 2.67. The Morgan fingerprint density at radius 3 is 3.05 bits per heavy atom. The first-order valence-corrected chi connectivity index (χ1v) is 7.02. The fourth-order valence-electron chi connectivity index (χ4n) is 4.79. The molecule has 2 saturated heterocycles. The van der Waals surface area contributed by atoms with Crippen molar-refractivity contribution >= 4 is 5.97 Å². The van der Waals surface area contributed by atoms with E-state index in [0.29, 0.717) is 25.7 Å². The van der Waals surface area contributed by atoms with Gasteiger partial charge in [-0.2, -0.15) is 5.06 Å². The van der Waals surface area contributed by atoms with Crippen LogP contribution < -0.4 is 0 Å². The van der Waals surface area contributed by atoms with Gasteiger partial charge in [0.05, 0.1) is 31.3 Å². The zero-order chi connectivity index (χ0) is 13.3. The first-order valence-electron chi connectivity index (χ1n) is 7.02. The molecule has 2 bridgehead atoms. The summed E-state index contributed by atoms with van der Waals surface area (Å²) in [5.74, 6) is 0.261. The van der Waals surface area contributed by atoms with Crippen molar-refractivity contribution in [1.29, 1.82) is 0 Å². The summed E-state index contributed by atoms with van der Waals surface area (Å²) >= 11 is 0. The zero-order valence-corrected chi connectivity index (χ0v) is 11.3. The minimum Gasteiger partial charge on any atom is -0.464 e. The SMILES string of the molecule is CCOC(=O)[C@@]12ON(C)[C@H]3COC[C@]31[C@H]1C=C[C@@H]2C1. The Bertz CT molecular complexity index is 464. The number of hydrogen-bond acceptors (Lipinski definition) is 5. The molecule has 1 saturated carbocycles. The highest BCUT2D eigenvalue weighted by molar-refractivity contribution is 5.84. The van der Waals surface area contributed by atoms with Crippen molar-refractivity contribution in [3.05, 3.63) is 12.2 Å². The molecule has 4 rings (SSSR count). The summed E-state index contributed by atoms with van der Waals surface area (Å²) in [7, 11) is 1.90. The molecule has 3 fully saturated rings. The number of esters is 1. The van der Waals surface area contributed by atoms with Crippen LogP contribution in [0.3, 0.4) is 0 Å². The average molecular weight is 265 g/mol. The molecule has 0 unspecified atom stereocenters. The summed E-state index contributed by atoms with van der Waals surface area (Å²) < 4.78 is 11.1. The van der Waals surface area contributed by atoms with E-state index in [1.165, 1.54) is 0 Å². The van der Waals surface area contributed by atoms with Crippen molar-refractivity contribution in [3.8, 4) is 0 Å². The highest BCUT2D eigenvalue weighted by Gasteiger charge is 2.80. The summed E-state index contributed by atoms with van der Waals surface area (Å²) in [5.41, 5.74) is -1.12. The van der Waals surface area contributed by atoms with Crippen molar-refractivity contribution in [2.24, 2.45) is 17.3 Å². The topological polar surface area (TPSA) is 48.0 Å². The molecule has 5 nitrogen and oxygen atoms in total. The second-order valence-corrected chi connectivity index (χ2v) is 6.00. The Kier molecular flexibility index (Phi) is 2.25. The Morgan fingerprint density at radius 1 is 1.47 bits per heavy atom. The Morgan fingerprint density at radius 2 is 2.26 bits per heavy atom. The summed E-state index contributed by atoms with van der Waals surface area (Å²) in [6, 6.07) is 0.150. The van der Waals surface area contributed by atoms with E-state index in [0.717, 1.165) is 6.42 Å². The number of allylic oxidation sites excluding steroid dienone is 1. The maximum absolute atomic E-state index is 12.7. The molecule has 104 valence electrons. The lowest BCUT2D eigenvalue weighted by atomic mass is 9.63. The summed E-state index contributed by atoms with van der Waals surface area (Å²) in [4.78, 5) is 18.8. The number of carbonyl (C=O) groups is 1. The molecule has 19 heavy (non-hydrogen) atoms. The normalized spacial score (nSPS) is 50.5. The van der Waals surface area contributed by atoms with E-state index in [4.69, 9.17) is 14.3 Å². The number of fused-ring (bicyclic) bond motifs is 3. The minimum absolute atomic E-state index is 0.116. The lowest BCUT2D eigenvalue weighted by Crippen LogP contribution is -2.58. The third kappa shape index (κ3) is 1.08. The molecule has 0 aromatic rings. The van der Waals surface area contributed by atoms with Crippen molar-refractivity contribution in [3.63, 3.8) is 0 Å². The van der Waals surface area contributed by atoms with Gasteiger partial charge in [0, 0.05) is 13.0 Å². The van der Waals surface area contributed by atoms with Crippen LogP contribution in [-0.2, 0) is 19.1 Å². The zero-order valence-electron chi connectivity index (χ0n) is 11.3. The van der Waals surface area contributed by atoms with Gasteiger partial charge in [0.2, 0.25) is 5.60 Å². The van der Waals surface area contributed by atoms with Gasteiger partial charge in [-0.15, -0.1) is 0 Å². The number of ether oxygens (including phenoxy) is 2. The van der Waals surface area contributed by atoms with Crippen molar-refractivity contribution < 1.29 is 19.1 Å². The van der Waals surface area contributed by atoms with Crippen molar-refractivity contribution in [2.45, 2.75) is 25.0 Å². The maximum atomic E-state index is 12.7. The van der Waals surface area contributed by atoms with Crippen LogP contribution in [0.15, 0.2) is 12.2 Å². The largest absolute Gasteiger partial charge is 0.464 e. The van der Waals surface area contributed by atoms with Crippen molar-refractivity contribution in [1.82, 2.24) is 5.06 Å². The first-order chi connectivity index (χ1) is 9.16. The van der Waals surface area contributed by atoms with Gasteiger partial charge in [0.15, 0.2) is 0 Å². The van der Waals surface area contributed by atoms with E-state index in [-0.39, 0.29) is 23.3 Å². The molecule has 2 aliphatic heterocycles. The smallest absolute Gasteiger partial charge is 0.341 e. The molecule has 0 N–H and O–H groups in total. The second-order valence-electron chi connectivity index (χ2n) is 6.00. The molecule has 0 aromatic heterocycles. The molecule has 0 aromatic carbocycles. The van der Waals surface area contributed by atoms with Gasteiger partial charge in [-0.3, -0.25) is 4.84 Å². The number of hydrogen-bond donors (Lipinski definition) is 0. The van der Waals surface area contributed by atoms with Gasteiger partial charge in [0.1, 0.15) is 0 Å². The maximum Gasteiger partial charge on any atom is 0.341 e. The third-order valence-corrected chi connectivity index (χ3v) is 5.48. The molecular weight excluding hydrogens is 246 g/mol. The molecule has 2 aliphatic carbocycles. The highest BCUT2D eigenvalue weighted by atomic mass is 16.7. The van der Waals surface area contributed by atoms with Crippen LogP contribution in [0.25, 0.3) is 0 Å². The fourth-order valence-corrected chi connectivity index (χ4v) is 4.79. The van der Waals surface area contributed by atoms with Gasteiger partial charge in [-0.05, 0) is 19.3 Å². The van der Waals surface area contributed by atoms with E-state index in [9.17, 15) is 4.79 Å². The van der Waals surface area contributed by atoms with Crippen LogP contribution >= 0.6 is 0 Å². The fraction of sp³-hybridized carbons (Fsp3) is 0.786. The molecule has 1 spiro atoms. The Hall–Kier alpha value is -0.910. The number of nitrogens with zero attached hydrogens (tertiary/aromatic N) is 1. The molecular formula is C14H19NO4. The monoisotopic (exact) mass is 265 g/mol. The van der Waals surface area contributed by atoms with Gasteiger partial charge in [-0.25, -0.2) is 4.79 Å². The van der Waals surface area contributed by atoms with E-state index < -0.39 is 5.60 Å². The number of likely N-dealkylation sites (N-methyl/N-ethyl adjacent to an activating group) is 1. The molecule has 2 heterocycles. The lowest BCUT2D eigenvalue weighted by molar-refractivity contribution is -0.232. The predicted octanol–water partition coefficient (Wildman–Crippen LogP) is 0.756. The average Bonchev–Trinajstić information content (AvgIpc) is 3.07. The number of hydroxylamine groups is 2.